The Hall–Kier alpha value is -1.23. The van der Waals surface area contributed by atoms with E-state index in [-0.39, 0.29) is 5.75 Å². The quantitative estimate of drug-likeness (QED) is 0.810. The van der Waals surface area contributed by atoms with Crippen molar-refractivity contribution in [3.05, 3.63) is 29.3 Å². The summed E-state index contributed by atoms with van der Waals surface area (Å²) in [4.78, 5) is 0. The number of hydrogen-bond donors (Lipinski definition) is 2. The minimum absolute atomic E-state index is 0.353. The van der Waals surface area contributed by atoms with Crippen LogP contribution in [0.1, 0.15) is 43.2 Å². The van der Waals surface area contributed by atoms with Gasteiger partial charge < -0.3 is 10.8 Å². The van der Waals surface area contributed by atoms with Crippen LogP contribution in [-0.2, 0) is 11.7 Å². The van der Waals surface area contributed by atoms with E-state index >= 15 is 0 Å². The van der Waals surface area contributed by atoms with Crippen LogP contribution in [0, 0.1) is 0 Å². The van der Waals surface area contributed by atoms with Crippen molar-refractivity contribution >= 4 is 0 Å². The highest BCUT2D eigenvalue weighted by Crippen LogP contribution is 2.41. The Bertz CT molecular complexity index is 436. The van der Waals surface area contributed by atoms with Gasteiger partial charge in [-0.3, -0.25) is 0 Å². The standard InChI is InChI=1S/C13H16F3NO/c14-13(15,16)9-4-5-10(11(18)8-9)12(17)6-2-1-3-7-12/h4-5,8,18H,1-3,6-7,17H2. The summed E-state index contributed by atoms with van der Waals surface area (Å²) in [6.07, 6.45) is -0.0730. The molecule has 5 heteroatoms. The molecular weight excluding hydrogens is 243 g/mol. The van der Waals surface area contributed by atoms with E-state index in [2.05, 4.69) is 0 Å². The molecule has 0 aliphatic heterocycles. The lowest BCUT2D eigenvalue weighted by Crippen LogP contribution is -2.38. The van der Waals surface area contributed by atoms with Gasteiger partial charge in [0.1, 0.15) is 5.75 Å². The molecule has 0 radical (unpaired) electrons. The lowest BCUT2D eigenvalue weighted by molar-refractivity contribution is -0.137. The highest BCUT2D eigenvalue weighted by atomic mass is 19.4. The molecule has 3 N–H and O–H groups in total. The molecule has 0 saturated heterocycles. The van der Waals surface area contributed by atoms with Crippen LogP contribution in [0.2, 0.25) is 0 Å². The molecule has 1 saturated carbocycles. The molecule has 0 spiro atoms. The molecule has 0 amide bonds. The van der Waals surface area contributed by atoms with Crippen molar-refractivity contribution < 1.29 is 18.3 Å². The fraction of sp³-hybridized carbons (Fsp3) is 0.538. The van der Waals surface area contributed by atoms with Gasteiger partial charge in [0, 0.05) is 11.1 Å². The fourth-order valence-electron chi connectivity index (χ4n) is 2.58. The van der Waals surface area contributed by atoms with Gasteiger partial charge in [-0.2, -0.15) is 13.2 Å². The van der Waals surface area contributed by atoms with E-state index in [9.17, 15) is 18.3 Å². The predicted molar refractivity (Wildman–Crippen MR) is 62.1 cm³/mol. The molecule has 1 aliphatic rings. The Morgan fingerprint density at radius 3 is 2.22 bits per heavy atom. The smallest absolute Gasteiger partial charge is 0.416 e. The zero-order chi connectivity index (χ0) is 13.4. The zero-order valence-electron chi connectivity index (χ0n) is 9.93. The summed E-state index contributed by atoms with van der Waals surface area (Å²) >= 11 is 0. The molecule has 1 aliphatic carbocycles. The predicted octanol–water partition coefficient (Wildman–Crippen LogP) is 3.53. The number of alkyl halides is 3. The molecule has 100 valence electrons. The van der Waals surface area contributed by atoms with Crippen LogP contribution in [0.4, 0.5) is 13.2 Å². The number of nitrogens with two attached hydrogens (primary N) is 1. The molecule has 0 aromatic heterocycles. The highest BCUT2D eigenvalue weighted by Gasteiger charge is 2.35. The van der Waals surface area contributed by atoms with Gasteiger partial charge in [-0.05, 0) is 25.0 Å². The van der Waals surface area contributed by atoms with Crippen molar-refractivity contribution in [2.75, 3.05) is 0 Å². The number of rotatable bonds is 1. The summed E-state index contributed by atoms with van der Waals surface area (Å²) in [5.41, 5.74) is 5.09. The molecule has 2 rings (SSSR count). The maximum atomic E-state index is 12.5. The van der Waals surface area contributed by atoms with Crippen LogP contribution in [-0.4, -0.2) is 5.11 Å². The zero-order valence-corrected chi connectivity index (χ0v) is 9.93. The molecule has 1 fully saturated rings. The van der Waals surface area contributed by atoms with Crippen LogP contribution in [0.5, 0.6) is 5.75 Å². The van der Waals surface area contributed by atoms with E-state index in [1.165, 1.54) is 6.07 Å². The third-order valence-electron chi connectivity index (χ3n) is 3.61. The van der Waals surface area contributed by atoms with Crippen LogP contribution < -0.4 is 5.73 Å². The maximum Gasteiger partial charge on any atom is 0.416 e. The number of phenolic OH excluding ortho intramolecular Hbond substituents is 1. The van der Waals surface area contributed by atoms with Crippen molar-refractivity contribution in [2.45, 2.75) is 43.8 Å². The summed E-state index contributed by atoms with van der Waals surface area (Å²) in [7, 11) is 0. The highest BCUT2D eigenvalue weighted by molar-refractivity contribution is 5.42. The first-order chi connectivity index (χ1) is 8.33. The average Bonchev–Trinajstić information content (AvgIpc) is 2.28. The van der Waals surface area contributed by atoms with Crippen molar-refractivity contribution in [3.63, 3.8) is 0 Å². The Balaban J connectivity index is 2.35. The van der Waals surface area contributed by atoms with Crippen molar-refractivity contribution in [2.24, 2.45) is 5.73 Å². The lowest BCUT2D eigenvalue weighted by atomic mass is 9.77. The van der Waals surface area contributed by atoms with E-state index in [1.54, 1.807) is 0 Å². The molecule has 0 unspecified atom stereocenters. The first kappa shape index (κ1) is 13.2. The second-order valence-electron chi connectivity index (χ2n) is 4.95. The van der Waals surface area contributed by atoms with E-state index in [0.29, 0.717) is 18.4 Å². The third kappa shape index (κ3) is 2.46. The van der Waals surface area contributed by atoms with E-state index in [1.807, 2.05) is 0 Å². The largest absolute Gasteiger partial charge is 0.508 e. The Labute approximate surface area is 104 Å². The van der Waals surface area contributed by atoms with E-state index in [0.717, 1.165) is 31.4 Å². The van der Waals surface area contributed by atoms with E-state index in [4.69, 9.17) is 5.73 Å². The van der Waals surface area contributed by atoms with Gasteiger partial charge in [0.25, 0.3) is 0 Å². The minimum Gasteiger partial charge on any atom is -0.508 e. The van der Waals surface area contributed by atoms with Gasteiger partial charge in [-0.15, -0.1) is 0 Å². The second-order valence-corrected chi connectivity index (χ2v) is 4.95. The van der Waals surface area contributed by atoms with Gasteiger partial charge in [0.05, 0.1) is 5.56 Å². The summed E-state index contributed by atoms with van der Waals surface area (Å²) in [5.74, 6) is -0.353. The van der Waals surface area contributed by atoms with Crippen LogP contribution in [0.25, 0.3) is 0 Å². The minimum atomic E-state index is -4.44. The van der Waals surface area contributed by atoms with Gasteiger partial charge in [-0.1, -0.05) is 25.3 Å². The van der Waals surface area contributed by atoms with Crippen LogP contribution >= 0.6 is 0 Å². The molecule has 2 nitrogen and oxygen atoms in total. The Morgan fingerprint density at radius 2 is 1.72 bits per heavy atom. The molecule has 18 heavy (non-hydrogen) atoms. The Morgan fingerprint density at radius 1 is 1.11 bits per heavy atom. The molecule has 0 bridgehead atoms. The van der Waals surface area contributed by atoms with Crippen LogP contribution in [0.3, 0.4) is 0 Å². The van der Waals surface area contributed by atoms with Gasteiger partial charge in [0.2, 0.25) is 0 Å². The topological polar surface area (TPSA) is 46.2 Å². The number of halogens is 3. The molecular formula is C13H16F3NO. The number of benzene rings is 1. The lowest BCUT2D eigenvalue weighted by Gasteiger charge is -2.34. The van der Waals surface area contributed by atoms with Crippen molar-refractivity contribution in [1.82, 2.24) is 0 Å². The summed E-state index contributed by atoms with van der Waals surface area (Å²) in [5, 5.41) is 9.79. The van der Waals surface area contributed by atoms with Gasteiger partial charge in [-0.25, -0.2) is 0 Å². The normalized spacial score (nSPS) is 19.8. The summed E-state index contributed by atoms with van der Waals surface area (Å²) in [6, 6.07) is 3.06. The average molecular weight is 259 g/mol. The van der Waals surface area contributed by atoms with E-state index < -0.39 is 17.3 Å². The van der Waals surface area contributed by atoms with Crippen molar-refractivity contribution in [1.29, 1.82) is 0 Å². The number of aromatic hydroxyl groups is 1. The van der Waals surface area contributed by atoms with Gasteiger partial charge in [0.15, 0.2) is 0 Å². The molecule has 0 heterocycles. The van der Waals surface area contributed by atoms with Crippen molar-refractivity contribution in [3.8, 4) is 5.75 Å². The van der Waals surface area contributed by atoms with Gasteiger partial charge >= 0.3 is 6.18 Å². The fourth-order valence-corrected chi connectivity index (χ4v) is 2.58. The van der Waals surface area contributed by atoms with Crippen LogP contribution in [0.15, 0.2) is 18.2 Å². The summed E-state index contributed by atoms with van der Waals surface area (Å²) in [6.45, 7) is 0. The first-order valence-electron chi connectivity index (χ1n) is 6.02. The first-order valence-corrected chi connectivity index (χ1v) is 6.02. The number of phenols is 1. The molecule has 0 atom stereocenters. The third-order valence-corrected chi connectivity index (χ3v) is 3.61. The molecule has 1 aromatic rings. The SMILES string of the molecule is NC1(c2ccc(C(F)(F)F)cc2O)CCCCC1. The molecule has 1 aromatic carbocycles. The Kier molecular flexibility index (Phi) is 3.27. The number of hydrogen-bond acceptors (Lipinski definition) is 2. The summed E-state index contributed by atoms with van der Waals surface area (Å²) < 4.78 is 37.5. The second kappa shape index (κ2) is 4.46. The monoisotopic (exact) mass is 259 g/mol. The maximum absolute atomic E-state index is 12.5.